The summed E-state index contributed by atoms with van der Waals surface area (Å²) in [5, 5.41) is 2.29. The van der Waals surface area contributed by atoms with Crippen molar-refractivity contribution in [1.82, 2.24) is 0 Å². The minimum absolute atomic E-state index is 0.296. The van der Waals surface area contributed by atoms with Crippen LogP contribution in [-0.2, 0) is 11.0 Å². The van der Waals surface area contributed by atoms with Crippen molar-refractivity contribution in [3.8, 4) is 16.9 Å². The second-order valence-corrected chi connectivity index (χ2v) is 6.18. The van der Waals surface area contributed by atoms with Crippen LogP contribution in [0.25, 0.3) is 11.1 Å². The predicted octanol–water partition coefficient (Wildman–Crippen LogP) is 5.78. The predicted molar refractivity (Wildman–Crippen MR) is 102 cm³/mol. The molecule has 0 bridgehead atoms. The van der Waals surface area contributed by atoms with Crippen molar-refractivity contribution in [3.05, 3.63) is 84.4 Å². The van der Waals surface area contributed by atoms with Crippen LogP contribution in [0.15, 0.2) is 78.9 Å². The molecule has 6 heteroatoms. The average molecular weight is 385 g/mol. The van der Waals surface area contributed by atoms with Gasteiger partial charge < -0.3 is 10.1 Å². The van der Waals surface area contributed by atoms with Gasteiger partial charge >= 0.3 is 6.18 Å². The molecular weight excluding hydrogens is 367 g/mol. The van der Waals surface area contributed by atoms with Gasteiger partial charge in [0, 0.05) is 0 Å². The van der Waals surface area contributed by atoms with E-state index >= 15 is 0 Å². The van der Waals surface area contributed by atoms with Crippen molar-refractivity contribution >= 4 is 11.6 Å². The number of para-hydroxylation sites is 1. The topological polar surface area (TPSA) is 38.3 Å². The number of ether oxygens (including phenoxy) is 1. The molecule has 28 heavy (non-hydrogen) atoms. The van der Waals surface area contributed by atoms with Crippen molar-refractivity contribution in [2.24, 2.45) is 0 Å². The number of alkyl halides is 3. The lowest BCUT2D eigenvalue weighted by atomic mass is 10.1. The van der Waals surface area contributed by atoms with Crippen molar-refractivity contribution in [2.75, 3.05) is 5.32 Å². The lowest BCUT2D eigenvalue weighted by Gasteiger charge is -2.17. The van der Waals surface area contributed by atoms with E-state index in [-0.39, 0.29) is 5.69 Å². The highest BCUT2D eigenvalue weighted by Crippen LogP contribution is 2.34. The minimum Gasteiger partial charge on any atom is -0.481 e. The molecule has 0 spiro atoms. The maximum Gasteiger partial charge on any atom is 0.418 e. The highest BCUT2D eigenvalue weighted by molar-refractivity contribution is 5.94. The van der Waals surface area contributed by atoms with E-state index in [0.717, 1.165) is 17.2 Å². The van der Waals surface area contributed by atoms with Gasteiger partial charge in [0.2, 0.25) is 0 Å². The number of carbonyl (C=O) groups is 1. The molecule has 1 amide bonds. The zero-order valence-electron chi connectivity index (χ0n) is 15.0. The van der Waals surface area contributed by atoms with E-state index in [2.05, 4.69) is 5.32 Å². The van der Waals surface area contributed by atoms with E-state index in [1.54, 1.807) is 12.1 Å². The van der Waals surface area contributed by atoms with Gasteiger partial charge in [-0.15, -0.1) is 0 Å². The second-order valence-electron chi connectivity index (χ2n) is 6.18. The zero-order valence-corrected chi connectivity index (χ0v) is 15.0. The maximum absolute atomic E-state index is 13.0. The van der Waals surface area contributed by atoms with E-state index < -0.39 is 23.8 Å². The van der Waals surface area contributed by atoms with Crippen LogP contribution in [0.1, 0.15) is 12.5 Å². The molecule has 0 saturated carbocycles. The Bertz CT molecular complexity index is 938. The number of anilines is 1. The summed E-state index contributed by atoms with van der Waals surface area (Å²) in [6.07, 6.45) is -5.52. The van der Waals surface area contributed by atoms with Crippen LogP contribution in [0.4, 0.5) is 18.9 Å². The first-order valence-corrected chi connectivity index (χ1v) is 8.64. The first kappa shape index (κ1) is 19.5. The number of halogens is 3. The fraction of sp³-hybridized carbons (Fsp3) is 0.136. The molecule has 3 aromatic carbocycles. The molecule has 1 N–H and O–H groups in total. The Morgan fingerprint density at radius 2 is 1.43 bits per heavy atom. The Balaban J connectivity index is 1.67. The van der Waals surface area contributed by atoms with E-state index in [1.807, 2.05) is 42.5 Å². The number of amides is 1. The number of hydrogen-bond donors (Lipinski definition) is 1. The summed E-state index contributed by atoms with van der Waals surface area (Å²) < 4.78 is 44.7. The van der Waals surface area contributed by atoms with Gasteiger partial charge in [-0.1, -0.05) is 54.6 Å². The van der Waals surface area contributed by atoms with Crippen LogP contribution in [0.2, 0.25) is 0 Å². The van der Waals surface area contributed by atoms with E-state index in [0.29, 0.717) is 5.75 Å². The normalized spacial score (nSPS) is 12.3. The van der Waals surface area contributed by atoms with Crippen molar-refractivity contribution < 1.29 is 22.7 Å². The Kier molecular flexibility index (Phi) is 5.68. The third-order valence-corrected chi connectivity index (χ3v) is 4.13. The molecule has 0 fully saturated rings. The quantitative estimate of drug-likeness (QED) is 0.605. The van der Waals surface area contributed by atoms with Gasteiger partial charge in [-0.3, -0.25) is 4.79 Å². The van der Waals surface area contributed by atoms with Gasteiger partial charge in [0.15, 0.2) is 6.10 Å². The Labute approximate surface area is 160 Å². The average Bonchev–Trinajstić information content (AvgIpc) is 2.69. The van der Waals surface area contributed by atoms with Gasteiger partial charge in [0.1, 0.15) is 5.75 Å². The van der Waals surface area contributed by atoms with Gasteiger partial charge in [-0.25, -0.2) is 0 Å². The lowest BCUT2D eigenvalue weighted by molar-refractivity contribution is -0.137. The number of hydrogen-bond acceptors (Lipinski definition) is 2. The van der Waals surface area contributed by atoms with Gasteiger partial charge in [0.05, 0.1) is 11.3 Å². The SMILES string of the molecule is C[C@@H](Oc1ccc(-c2ccccc2)cc1)C(=O)Nc1ccccc1C(F)(F)F. The maximum atomic E-state index is 13.0. The van der Waals surface area contributed by atoms with Crippen LogP contribution in [-0.4, -0.2) is 12.0 Å². The number of carbonyl (C=O) groups excluding carboxylic acids is 1. The molecule has 0 unspecified atom stereocenters. The summed E-state index contributed by atoms with van der Waals surface area (Å²) >= 11 is 0. The molecule has 3 aromatic rings. The molecule has 0 aliphatic carbocycles. The molecule has 0 aromatic heterocycles. The molecule has 0 aliphatic rings. The van der Waals surface area contributed by atoms with Gasteiger partial charge in [-0.2, -0.15) is 13.2 Å². The third kappa shape index (κ3) is 4.71. The molecule has 0 aliphatic heterocycles. The Morgan fingerprint density at radius 3 is 2.07 bits per heavy atom. The van der Waals surface area contributed by atoms with Gasteiger partial charge in [-0.05, 0) is 42.3 Å². The lowest BCUT2D eigenvalue weighted by Crippen LogP contribution is -2.31. The second kappa shape index (κ2) is 8.17. The molecule has 3 rings (SSSR count). The summed E-state index contributed by atoms with van der Waals surface area (Å²) in [6, 6.07) is 21.7. The monoisotopic (exact) mass is 385 g/mol. The van der Waals surface area contributed by atoms with Crippen LogP contribution < -0.4 is 10.1 Å². The fourth-order valence-electron chi connectivity index (χ4n) is 2.69. The fourth-order valence-corrected chi connectivity index (χ4v) is 2.69. The standard InChI is InChI=1S/C22H18F3NO2/c1-15(21(27)26-20-10-6-5-9-19(20)22(23,24)25)28-18-13-11-17(12-14-18)16-7-3-2-4-8-16/h2-15H,1H3,(H,26,27)/t15-/m1/s1. The summed E-state index contributed by atoms with van der Waals surface area (Å²) in [5.74, 6) is -0.213. The van der Waals surface area contributed by atoms with Crippen LogP contribution >= 0.6 is 0 Å². The molecule has 0 saturated heterocycles. The molecule has 1 atom stereocenters. The van der Waals surface area contributed by atoms with Gasteiger partial charge in [0.25, 0.3) is 5.91 Å². The van der Waals surface area contributed by atoms with Crippen molar-refractivity contribution in [2.45, 2.75) is 19.2 Å². The van der Waals surface area contributed by atoms with E-state index in [1.165, 1.54) is 25.1 Å². The zero-order chi connectivity index (χ0) is 20.1. The Morgan fingerprint density at radius 1 is 0.857 bits per heavy atom. The molecule has 144 valence electrons. The van der Waals surface area contributed by atoms with Crippen molar-refractivity contribution in [1.29, 1.82) is 0 Å². The molecule has 0 heterocycles. The highest BCUT2D eigenvalue weighted by Gasteiger charge is 2.34. The van der Waals surface area contributed by atoms with E-state index in [9.17, 15) is 18.0 Å². The summed E-state index contributed by atoms with van der Waals surface area (Å²) in [6.45, 7) is 1.48. The largest absolute Gasteiger partial charge is 0.481 e. The minimum atomic E-state index is -4.55. The third-order valence-electron chi connectivity index (χ3n) is 4.13. The highest BCUT2D eigenvalue weighted by atomic mass is 19.4. The molecular formula is C22H18F3NO2. The number of rotatable bonds is 5. The van der Waals surface area contributed by atoms with Crippen molar-refractivity contribution in [3.63, 3.8) is 0 Å². The van der Waals surface area contributed by atoms with E-state index in [4.69, 9.17) is 4.74 Å². The smallest absolute Gasteiger partial charge is 0.418 e. The first-order valence-electron chi connectivity index (χ1n) is 8.64. The summed E-state index contributed by atoms with van der Waals surface area (Å²) in [4.78, 5) is 12.3. The summed E-state index contributed by atoms with van der Waals surface area (Å²) in [5.41, 5.74) is 0.838. The van der Waals surface area contributed by atoms with Crippen LogP contribution in [0.3, 0.4) is 0 Å². The molecule has 3 nitrogen and oxygen atoms in total. The van der Waals surface area contributed by atoms with Crippen LogP contribution in [0.5, 0.6) is 5.75 Å². The molecule has 0 radical (unpaired) electrons. The number of nitrogens with one attached hydrogen (secondary N) is 1. The Hall–Kier alpha value is -3.28. The van der Waals surface area contributed by atoms with Crippen LogP contribution in [0, 0.1) is 0 Å². The summed E-state index contributed by atoms with van der Waals surface area (Å²) in [7, 11) is 0. The first-order chi connectivity index (χ1) is 13.3. The number of benzene rings is 3.